The van der Waals surface area contributed by atoms with Gasteiger partial charge in [0.05, 0.1) is 0 Å². The minimum Gasteiger partial charge on any atom is -0.287 e. The van der Waals surface area contributed by atoms with Crippen molar-refractivity contribution in [3.05, 3.63) is 6.92 Å². The van der Waals surface area contributed by atoms with Gasteiger partial charge in [0, 0.05) is 12.2 Å². The Morgan fingerprint density at radius 1 is 0.850 bits per heavy atom. The third-order valence-electron chi connectivity index (χ3n) is 3.57. The van der Waals surface area contributed by atoms with E-state index in [0.717, 1.165) is 12.8 Å². The molecule has 0 aliphatic carbocycles. The van der Waals surface area contributed by atoms with Gasteiger partial charge in [-0.25, -0.2) is 0 Å². The summed E-state index contributed by atoms with van der Waals surface area (Å²) in [5.41, 5.74) is 0.504. The molecule has 0 amide bonds. The van der Waals surface area contributed by atoms with Crippen LogP contribution in [0.15, 0.2) is 0 Å². The van der Waals surface area contributed by atoms with Gasteiger partial charge in [-0.1, -0.05) is 83.9 Å². The lowest BCUT2D eigenvalue weighted by molar-refractivity contribution is -0.111. The van der Waals surface area contributed by atoms with E-state index < -0.39 is 0 Å². The third kappa shape index (κ3) is 16.1. The predicted octanol–water partition coefficient (Wildman–Crippen LogP) is 6.42. The number of thioether (sulfide) groups is 1. The quantitative estimate of drug-likeness (QED) is 0.387. The van der Waals surface area contributed by atoms with E-state index in [2.05, 4.69) is 27.7 Å². The number of rotatable bonds is 12. The lowest BCUT2D eigenvalue weighted by Gasteiger charge is -2.17. The van der Waals surface area contributed by atoms with Crippen molar-refractivity contribution in [2.75, 3.05) is 5.75 Å². The van der Waals surface area contributed by atoms with E-state index in [1.165, 1.54) is 69.5 Å². The maximum atomic E-state index is 11.3. The summed E-state index contributed by atoms with van der Waals surface area (Å²) < 4.78 is 0. The average molecular weight is 300 g/mol. The Hall–Kier alpha value is 0.0200. The maximum absolute atomic E-state index is 11.3. The van der Waals surface area contributed by atoms with Crippen molar-refractivity contribution in [3.63, 3.8) is 0 Å². The molecule has 0 saturated carbocycles. The lowest BCUT2D eigenvalue weighted by Crippen LogP contribution is -2.03. The first-order chi connectivity index (χ1) is 9.45. The van der Waals surface area contributed by atoms with E-state index in [-0.39, 0.29) is 0 Å². The molecule has 0 atom stereocenters. The van der Waals surface area contributed by atoms with E-state index in [4.69, 9.17) is 0 Å². The van der Waals surface area contributed by atoms with Gasteiger partial charge in [0.25, 0.3) is 0 Å². The minimum atomic E-state index is 0.318. The Morgan fingerprint density at radius 3 is 1.75 bits per heavy atom. The second kappa shape index (κ2) is 12.7. The molecule has 1 radical (unpaired) electrons. The van der Waals surface area contributed by atoms with Gasteiger partial charge in [-0.15, -0.1) is 0 Å². The monoisotopic (exact) mass is 299 g/mol. The first-order valence-electron chi connectivity index (χ1n) is 8.40. The molecule has 0 spiro atoms. The molecule has 0 rings (SSSR count). The zero-order valence-electron chi connectivity index (χ0n) is 14.0. The van der Waals surface area contributed by atoms with Crippen LogP contribution >= 0.6 is 11.8 Å². The SMILES string of the molecule is [CH2]CSC(=O)CCCCCCCCCCCC(C)(C)C. The summed E-state index contributed by atoms with van der Waals surface area (Å²) in [4.78, 5) is 11.3. The molecule has 0 fully saturated rings. The van der Waals surface area contributed by atoms with E-state index in [1.54, 1.807) is 0 Å². The molecule has 0 unspecified atom stereocenters. The Labute approximate surface area is 131 Å². The van der Waals surface area contributed by atoms with Crippen molar-refractivity contribution in [1.82, 2.24) is 0 Å². The molecule has 0 aromatic rings. The summed E-state index contributed by atoms with van der Waals surface area (Å²) in [7, 11) is 0. The number of unbranched alkanes of at least 4 members (excludes halogenated alkanes) is 8. The summed E-state index contributed by atoms with van der Waals surface area (Å²) in [6.45, 7) is 10.7. The molecule has 0 N–H and O–H groups in total. The van der Waals surface area contributed by atoms with Gasteiger partial charge in [0.1, 0.15) is 0 Å². The molecule has 2 heteroatoms. The van der Waals surface area contributed by atoms with Crippen molar-refractivity contribution < 1.29 is 4.79 Å². The Balaban J connectivity index is 3.12. The second-order valence-electron chi connectivity index (χ2n) is 6.96. The van der Waals surface area contributed by atoms with Crippen LogP contribution in [0.4, 0.5) is 0 Å². The van der Waals surface area contributed by atoms with Gasteiger partial charge in [-0.3, -0.25) is 4.79 Å². The number of hydrogen-bond acceptors (Lipinski definition) is 2. The normalized spacial score (nSPS) is 11.8. The van der Waals surface area contributed by atoms with Crippen molar-refractivity contribution >= 4 is 16.9 Å². The highest BCUT2D eigenvalue weighted by Gasteiger charge is 2.08. The van der Waals surface area contributed by atoms with Crippen molar-refractivity contribution in [1.29, 1.82) is 0 Å². The van der Waals surface area contributed by atoms with Crippen LogP contribution in [0.5, 0.6) is 0 Å². The smallest absolute Gasteiger partial charge is 0.188 e. The standard InChI is InChI=1S/C18H35OS/c1-5-20-17(19)15-13-11-9-7-6-8-10-12-14-16-18(2,3)4/h1,5-16H2,2-4H3. The number of hydrogen-bond donors (Lipinski definition) is 0. The molecule has 0 heterocycles. The molecular formula is C18H35OS. The molecule has 0 aliphatic heterocycles. The topological polar surface area (TPSA) is 17.1 Å². The lowest BCUT2D eigenvalue weighted by atomic mass is 9.89. The molecule has 0 saturated heterocycles. The van der Waals surface area contributed by atoms with Crippen LogP contribution in [0, 0.1) is 12.3 Å². The molecule has 1 nitrogen and oxygen atoms in total. The Bertz CT molecular complexity index is 230. The highest BCUT2D eigenvalue weighted by atomic mass is 32.2. The highest BCUT2D eigenvalue weighted by Crippen LogP contribution is 2.22. The number of carbonyl (C=O) groups is 1. The van der Waals surface area contributed by atoms with Crippen LogP contribution in [0.3, 0.4) is 0 Å². The zero-order valence-corrected chi connectivity index (χ0v) is 14.8. The van der Waals surface area contributed by atoms with Gasteiger partial charge in [-0.2, -0.15) is 0 Å². The Morgan fingerprint density at radius 2 is 1.30 bits per heavy atom. The minimum absolute atomic E-state index is 0.318. The average Bonchev–Trinajstić information content (AvgIpc) is 2.35. The molecule has 119 valence electrons. The largest absolute Gasteiger partial charge is 0.287 e. The van der Waals surface area contributed by atoms with Crippen LogP contribution in [0.1, 0.15) is 91.4 Å². The van der Waals surface area contributed by atoms with Gasteiger partial charge in [-0.05, 0) is 25.2 Å². The zero-order chi connectivity index (χ0) is 15.3. The molecule has 0 aliphatic rings. The maximum Gasteiger partial charge on any atom is 0.188 e. The Kier molecular flexibility index (Phi) is 12.8. The van der Waals surface area contributed by atoms with Crippen LogP contribution in [-0.4, -0.2) is 10.9 Å². The molecule has 0 bridgehead atoms. The van der Waals surface area contributed by atoms with E-state index in [1.807, 2.05) is 0 Å². The van der Waals surface area contributed by atoms with Crippen molar-refractivity contribution in [3.8, 4) is 0 Å². The predicted molar refractivity (Wildman–Crippen MR) is 93.1 cm³/mol. The van der Waals surface area contributed by atoms with Crippen LogP contribution in [-0.2, 0) is 4.79 Å². The summed E-state index contributed by atoms with van der Waals surface area (Å²) in [5.74, 6) is 0.675. The van der Waals surface area contributed by atoms with E-state index in [0.29, 0.717) is 16.3 Å². The first-order valence-corrected chi connectivity index (χ1v) is 9.39. The molecule has 0 aromatic heterocycles. The van der Waals surface area contributed by atoms with Gasteiger partial charge in [0.2, 0.25) is 0 Å². The molecule has 20 heavy (non-hydrogen) atoms. The van der Waals surface area contributed by atoms with Gasteiger partial charge >= 0.3 is 0 Å². The third-order valence-corrected chi connectivity index (χ3v) is 4.30. The van der Waals surface area contributed by atoms with Crippen LogP contribution in [0.2, 0.25) is 0 Å². The number of carbonyl (C=O) groups excluding carboxylic acids is 1. The first kappa shape index (κ1) is 20.0. The van der Waals surface area contributed by atoms with Gasteiger partial charge < -0.3 is 0 Å². The fraction of sp³-hybridized carbons (Fsp3) is 0.889. The van der Waals surface area contributed by atoms with Gasteiger partial charge in [0.15, 0.2) is 5.12 Å². The molecular weight excluding hydrogens is 264 g/mol. The highest BCUT2D eigenvalue weighted by molar-refractivity contribution is 8.13. The summed E-state index contributed by atoms with van der Waals surface area (Å²) in [6, 6.07) is 0. The van der Waals surface area contributed by atoms with E-state index >= 15 is 0 Å². The van der Waals surface area contributed by atoms with Crippen molar-refractivity contribution in [2.24, 2.45) is 5.41 Å². The summed E-state index contributed by atoms with van der Waals surface area (Å²) in [6.07, 6.45) is 14.0. The summed E-state index contributed by atoms with van der Waals surface area (Å²) >= 11 is 1.36. The van der Waals surface area contributed by atoms with Crippen LogP contribution < -0.4 is 0 Å². The second-order valence-corrected chi connectivity index (χ2v) is 8.12. The fourth-order valence-electron chi connectivity index (χ4n) is 2.35. The van der Waals surface area contributed by atoms with Crippen molar-refractivity contribution in [2.45, 2.75) is 91.4 Å². The summed E-state index contributed by atoms with van der Waals surface area (Å²) in [5, 5.41) is 0.318. The van der Waals surface area contributed by atoms with E-state index in [9.17, 15) is 4.79 Å². The van der Waals surface area contributed by atoms with Crippen LogP contribution in [0.25, 0.3) is 0 Å². The fourth-order valence-corrected chi connectivity index (χ4v) is 2.86. The molecule has 0 aromatic carbocycles.